The van der Waals surface area contributed by atoms with Gasteiger partial charge in [0.05, 0.1) is 0 Å². The molecule has 5 nitrogen and oxygen atoms in total. The van der Waals surface area contributed by atoms with Gasteiger partial charge in [0.15, 0.2) is 0 Å². The first-order valence-corrected chi connectivity index (χ1v) is 6.88. The largest absolute Gasteiger partial charge is 0.311 e. The summed E-state index contributed by atoms with van der Waals surface area (Å²) in [6.07, 6.45) is 0. The SMILES string of the molecule is CN(C)S(=O)(=O)NCCNCc1ccccc1.Cl. The molecule has 0 saturated heterocycles. The van der Waals surface area contributed by atoms with Gasteiger partial charge in [-0.25, -0.2) is 4.72 Å². The summed E-state index contributed by atoms with van der Waals surface area (Å²) in [7, 11) is -0.300. The van der Waals surface area contributed by atoms with Crippen molar-refractivity contribution in [1.29, 1.82) is 0 Å². The highest BCUT2D eigenvalue weighted by Gasteiger charge is 2.10. The van der Waals surface area contributed by atoms with Crippen molar-refractivity contribution in [2.24, 2.45) is 0 Å². The van der Waals surface area contributed by atoms with E-state index in [0.29, 0.717) is 13.1 Å². The number of halogens is 1. The Kier molecular flexibility index (Phi) is 8.13. The van der Waals surface area contributed by atoms with Gasteiger partial charge >= 0.3 is 0 Å². The summed E-state index contributed by atoms with van der Waals surface area (Å²) in [6, 6.07) is 9.97. The van der Waals surface area contributed by atoms with Crippen LogP contribution in [0.4, 0.5) is 0 Å². The maximum atomic E-state index is 11.4. The lowest BCUT2D eigenvalue weighted by molar-refractivity contribution is 0.503. The molecule has 0 aromatic heterocycles. The predicted octanol–water partition coefficient (Wildman–Crippen LogP) is 0.594. The molecule has 0 atom stereocenters. The summed E-state index contributed by atoms with van der Waals surface area (Å²) >= 11 is 0. The number of nitrogens with zero attached hydrogens (tertiary/aromatic N) is 1. The third-order valence-corrected chi connectivity index (χ3v) is 3.77. The fraction of sp³-hybridized carbons (Fsp3) is 0.455. The van der Waals surface area contributed by atoms with Crippen LogP contribution in [0.1, 0.15) is 5.56 Å². The smallest absolute Gasteiger partial charge is 0.278 e. The zero-order valence-electron chi connectivity index (χ0n) is 10.6. The van der Waals surface area contributed by atoms with E-state index in [1.165, 1.54) is 19.7 Å². The van der Waals surface area contributed by atoms with Crippen LogP contribution in [0.15, 0.2) is 30.3 Å². The van der Waals surface area contributed by atoms with Gasteiger partial charge in [0.25, 0.3) is 10.2 Å². The average molecular weight is 294 g/mol. The molecule has 0 spiro atoms. The molecule has 1 aromatic rings. The molecule has 18 heavy (non-hydrogen) atoms. The Bertz CT molecular complexity index is 423. The summed E-state index contributed by atoms with van der Waals surface area (Å²) in [4.78, 5) is 0. The van der Waals surface area contributed by atoms with E-state index in [9.17, 15) is 8.42 Å². The van der Waals surface area contributed by atoms with Gasteiger partial charge in [-0.15, -0.1) is 12.4 Å². The summed E-state index contributed by atoms with van der Waals surface area (Å²) in [6.45, 7) is 1.72. The van der Waals surface area contributed by atoms with Crippen molar-refractivity contribution in [1.82, 2.24) is 14.3 Å². The molecular weight excluding hydrogens is 274 g/mol. The third-order valence-electron chi connectivity index (χ3n) is 2.24. The van der Waals surface area contributed by atoms with Crippen LogP contribution in [0.2, 0.25) is 0 Å². The molecule has 0 aliphatic carbocycles. The number of nitrogens with one attached hydrogen (secondary N) is 2. The molecule has 0 fully saturated rings. The minimum absolute atomic E-state index is 0. The molecule has 0 saturated carbocycles. The molecular formula is C11H20ClN3O2S. The van der Waals surface area contributed by atoms with Crippen LogP contribution >= 0.6 is 12.4 Å². The fourth-order valence-corrected chi connectivity index (χ4v) is 1.84. The van der Waals surface area contributed by atoms with Crippen molar-refractivity contribution in [2.75, 3.05) is 27.2 Å². The third kappa shape index (κ3) is 6.32. The van der Waals surface area contributed by atoms with Gasteiger partial charge in [-0.1, -0.05) is 30.3 Å². The molecule has 0 radical (unpaired) electrons. The Morgan fingerprint density at radius 3 is 2.28 bits per heavy atom. The van der Waals surface area contributed by atoms with Crippen LogP contribution in [-0.2, 0) is 16.8 Å². The highest BCUT2D eigenvalue weighted by atomic mass is 35.5. The second-order valence-corrected chi connectivity index (χ2v) is 5.81. The predicted molar refractivity (Wildman–Crippen MR) is 76.0 cm³/mol. The van der Waals surface area contributed by atoms with Crippen molar-refractivity contribution in [3.63, 3.8) is 0 Å². The molecule has 0 aliphatic heterocycles. The van der Waals surface area contributed by atoms with Gasteiger partial charge < -0.3 is 5.32 Å². The van der Waals surface area contributed by atoms with Gasteiger partial charge in [0.2, 0.25) is 0 Å². The first kappa shape index (κ1) is 17.3. The second kappa shape index (κ2) is 8.44. The highest BCUT2D eigenvalue weighted by Crippen LogP contribution is 1.96. The van der Waals surface area contributed by atoms with Gasteiger partial charge in [0, 0.05) is 33.7 Å². The van der Waals surface area contributed by atoms with E-state index in [0.717, 1.165) is 10.8 Å². The standard InChI is InChI=1S/C11H19N3O2S.ClH/c1-14(2)17(15,16)13-9-8-12-10-11-6-4-3-5-7-11;/h3-7,12-13H,8-10H2,1-2H3;1H. The summed E-state index contributed by atoms with van der Waals surface area (Å²) < 4.78 is 26.3. The number of rotatable bonds is 7. The van der Waals surface area contributed by atoms with Crippen LogP contribution in [0.25, 0.3) is 0 Å². The normalized spacial score (nSPS) is 11.3. The van der Waals surface area contributed by atoms with Gasteiger partial charge in [-0.2, -0.15) is 12.7 Å². The van der Waals surface area contributed by atoms with Crippen LogP contribution in [0, 0.1) is 0 Å². The van der Waals surface area contributed by atoms with Crippen LogP contribution in [0.3, 0.4) is 0 Å². The Morgan fingerprint density at radius 2 is 1.72 bits per heavy atom. The first-order valence-electron chi connectivity index (χ1n) is 5.44. The number of hydrogen-bond donors (Lipinski definition) is 2. The molecule has 2 N–H and O–H groups in total. The highest BCUT2D eigenvalue weighted by molar-refractivity contribution is 7.87. The first-order chi connectivity index (χ1) is 8.02. The Morgan fingerprint density at radius 1 is 1.11 bits per heavy atom. The molecule has 1 rings (SSSR count). The summed E-state index contributed by atoms with van der Waals surface area (Å²) in [5, 5.41) is 3.17. The number of hydrogen-bond acceptors (Lipinski definition) is 3. The monoisotopic (exact) mass is 293 g/mol. The maximum Gasteiger partial charge on any atom is 0.278 e. The Labute approximate surface area is 115 Å². The lowest BCUT2D eigenvalue weighted by Crippen LogP contribution is -2.39. The summed E-state index contributed by atoms with van der Waals surface area (Å²) in [5.41, 5.74) is 1.18. The molecule has 1 aromatic carbocycles. The van der Waals surface area contributed by atoms with Crippen LogP contribution < -0.4 is 10.0 Å². The molecule has 7 heteroatoms. The van der Waals surface area contributed by atoms with E-state index >= 15 is 0 Å². The van der Waals surface area contributed by atoms with E-state index in [-0.39, 0.29) is 12.4 Å². The van der Waals surface area contributed by atoms with E-state index in [2.05, 4.69) is 10.0 Å². The zero-order valence-corrected chi connectivity index (χ0v) is 12.2. The number of benzene rings is 1. The minimum atomic E-state index is -3.30. The quantitative estimate of drug-likeness (QED) is 0.724. The Balaban J connectivity index is 0.00000289. The van der Waals surface area contributed by atoms with Crippen molar-refractivity contribution in [3.05, 3.63) is 35.9 Å². The van der Waals surface area contributed by atoms with Gasteiger partial charge in [-0.3, -0.25) is 0 Å². The summed E-state index contributed by atoms with van der Waals surface area (Å²) in [5.74, 6) is 0. The zero-order chi connectivity index (χ0) is 12.7. The molecule has 104 valence electrons. The molecule has 0 heterocycles. The fourth-order valence-electron chi connectivity index (χ4n) is 1.23. The average Bonchev–Trinajstić information content (AvgIpc) is 2.29. The lowest BCUT2D eigenvalue weighted by Gasteiger charge is -2.12. The van der Waals surface area contributed by atoms with E-state index in [1.54, 1.807) is 0 Å². The van der Waals surface area contributed by atoms with Crippen molar-refractivity contribution in [3.8, 4) is 0 Å². The maximum absolute atomic E-state index is 11.4. The van der Waals surface area contributed by atoms with Crippen molar-refractivity contribution in [2.45, 2.75) is 6.54 Å². The molecule has 0 unspecified atom stereocenters. The Hall–Kier alpha value is -0.660. The molecule has 0 aliphatic rings. The lowest BCUT2D eigenvalue weighted by atomic mass is 10.2. The van der Waals surface area contributed by atoms with E-state index < -0.39 is 10.2 Å². The van der Waals surface area contributed by atoms with Gasteiger partial charge in [0.1, 0.15) is 0 Å². The second-order valence-electron chi connectivity index (χ2n) is 3.84. The van der Waals surface area contributed by atoms with Crippen LogP contribution in [0.5, 0.6) is 0 Å². The van der Waals surface area contributed by atoms with Crippen molar-refractivity contribution < 1.29 is 8.42 Å². The van der Waals surface area contributed by atoms with Gasteiger partial charge in [-0.05, 0) is 5.56 Å². The molecule has 0 bridgehead atoms. The van der Waals surface area contributed by atoms with Crippen LogP contribution in [-0.4, -0.2) is 39.9 Å². The van der Waals surface area contributed by atoms with E-state index in [4.69, 9.17) is 0 Å². The van der Waals surface area contributed by atoms with E-state index in [1.807, 2.05) is 30.3 Å². The van der Waals surface area contributed by atoms with Crippen molar-refractivity contribution >= 4 is 22.6 Å². The topological polar surface area (TPSA) is 61.4 Å². The molecule has 0 amide bonds. The minimum Gasteiger partial charge on any atom is -0.311 e.